The maximum atomic E-state index is 13.5. The molecular formula is C19H18F2N4O2. The highest BCUT2D eigenvalue weighted by Crippen LogP contribution is 2.27. The summed E-state index contributed by atoms with van der Waals surface area (Å²) >= 11 is 0. The minimum atomic E-state index is -2.73. The van der Waals surface area contributed by atoms with Crippen LogP contribution in [0, 0.1) is 0 Å². The topological polar surface area (TPSA) is 90.0 Å². The smallest absolute Gasteiger partial charge is 0.320 e. The van der Waals surface area contributed by atoms with Gasteiger partial charge < -0.3 is 11.1 Å². The van der Waals surface area contributed by atoms with E-state index in [1.807, 2.05) is 0 Å². The summed E-state index contributed by atoms with van der Waals surface area (Å²) in [6.45, 7) is -0.880. The van der Waals surface area contributed by atoms with Crippen LogP contribution in [-0.4, -0.2) is 27.9 Å². The molecule has 0 aliphatic carbocycles. The number of nitrogens with two attached hydrogens (primary N) is 1. The molecule has 1 aromatic heterocycles. The number of hydrogen-bond donors (Lipinski definition) is 2. The summed E-state index contributed by atoms with van der Waals surface area (Å²) in [5.74, 6) is -1.19. The fraction of sp³-hybridized carbons (Fsp3) is 0.211. The van der Waals surface area contributed by atoms with Crippen LogP contribution in [0.1, 0.15) is 45.9 Å². The zero-order valence-corrected chi connectivity index (χ0v) is 14.5. The van der Waals surface area contributed by atoms with Gasteiger partial charge >= 0.3 is 6.55 Å². The number of amides is 2. The van der Waals surface area contributed by atoms with Crippen LogP contribution in [-0.2, 0) is 0 Å². The number of imidazole rings is 1. The number of halogens is 2. The van der Waals surface area contributed by atoms with Gasteiger partial charge in [-0.1, -0.05) is 19.1 Å². The number of benzene rings is 2. The molecule has 0 unspecified atom stereocenters. The van der Waals surface area contributed by atoms with Crippen LogP contribution in [0.2, 0.25) is 0 Å². The Hall–Kier alpha value is -3.29. The van der Waals surface area contributed by atoms with Crippen LogP contribution in [0.15, 0.2) is 48.5 Å². The summed E-state index contributed by atoms with van der Waals surface area (Å²) in [6.07, 6.45) is 0. The molecular weight excluding hydrogens is 354 g/mol. The van der Waals surface area contributed by atoms with E-state index in [1.54, 1.807) is 31.2 Å². The molecule has 0 bridgehead atoms. The number of aromatic nitrogens is 2. The van der Waals surface area contributed by atoms with Gasteiger partial charge in [0.15, 0.2) is 0 Å². The Morgan fingerprint density at radius 2 is 1.74 bits per heavy atom. The fourth-order valence-corrected chi connectivity index (χ4v) is 2.84. The van der Waals surface area contributed by atoms with Crippen molar-refractivity contribution in [2.24, 2.45) is 5.73 Å². The molecule has 27 heavy (non-hydrogen) atoms. The van der Waals surface area contributed by atoms with Crippen molar-refractivity contribution in [3.8, 4) is 0 Å². The van der Waals surface area contributed by atoms with Crippen LogP contribution in [0.5, 0.6) is 0 Å². The highest BCUT2D eigenvalue weighted by Gasteiger charge is 2.22. The molecule has 2 amide bonds. The number of fused-ring (bicyclic) bond motifs is 1. The van der Waals surface area contributed by atoms with E-state index in [0.29, 0.717) is 22.2 Å². The summed E-state index contributed by atoms with van der Waals surface area (Å²) in [5, 5.41) is 2.70. The van der Waals surface area contributed by atoms with E-state index < -0.39 is 18.4 Å². The van der Waals surface area contributed by atoms with Crippen molar-refractivity contribution in [1.82, 2.24) is 14.9 Å². The third-order valence-corrected chi connectivity index (χ3v) is 4.26. The SMILES string of the molecule is C[C@@H](CNC(=O)c1ccc(C(N)=O)cc1)c1nc2ccccc2n1C(F)F. The quantitative estimate of drug-likeness (QED) is 0.697. The molecule has 0 saturated carbocycles. The number of nitrogens with zero attached hydrogens (tertiary/aromatic N) is 2. The average Bonchev–Trinajstić information content (AvgIpc) is 3.05. The maximum absolute atomic E-state index is 13.5. The van der Waals surface area contributed by atoms with Crippen molar-refractivity contribution in [2.75, 3.05) is 6.54 Å². The molecule has 0 spiro atoms. The molecule has 0 aliphatic heterocycles. The zero-order chi connectivity index (χ0) is 19.6. The van der Waals surface area contributed by atoms with Crippen LogP contribution in [0.3, 0.4) is 0 Å². The molecule has 1 heterocycles. The number of hydrogen-bond acceptors (Lipinski definition) is 3. The first-order valence-corrected chi connectivity index (χ1v) is 8.31. The second-order valence-electron chi connectivity index (χ2n) is 6.16. The van der Waals surface area contributed by atoms with Crippen molar-refractivity contribution in [3.05, 3.63) is 65.5 Å². The first-order chi connectivity index (χ1) is 12.9. The lowest BCUT2D eigenvalue weighted by Gasteiger charge is -2.15. The van der Waals surface area contributed by atoms with Gasteiger partial charge in [-0.3, -0.25) is 14.2 Å². The number of alkyl halides is 2. The lowest BCUT2D eigenvalue weighted by Crippen LogP contribution is -2.28. The Balaban J connectivity index is 1.75. The normalized spacial score (nSPS) is 12.3. The molecule has 8 heteroatoms. The van der Waals surface area contributed by atoms with Gasteiger partial charge in [-0.2, -0.15) is 8.78 Å². The number of rotatable bonds is 6. The monoisotopic (exact) mass is 372 g/mol. The first-order valence-electron chi connectivity index (χ1n) is 8.31. The molecule has 3 N–H and O–H groups in total. The van der Waals surface area contributed by atoms with Crippen molar-refractivity contribution >= 4 is 22.8 Å². The zero-order valence-electron chi connectivity index (χ0n) is 14.5. The minimum absolute atomic E-state index is 0.131. The summed E-state index contributed by atoms with van der Waals surface area (Å²) in [4.78, 5) is 27.6. The van der Waals surface area contributed by atoms with E-state index in [4.69, 9.17) is 5.73 Å². The Morgan fingerprint density at radius 1 is 1.11 bits per heavy atom. The van der Waals surface area contributed by atoms with Crippen LogP contribution in [0.25, 0.3) is 11.0 Å². The molecule has 0 fully saturated rings. The van der Waals surface area contributed by atoms with E-state index in [0.717, 1.165) is 4.57 Å². The van der Waals surface area contributed by atoms with E-state index in [-0.39, 0.29) is 18.3 Å². The van der Waals surface area contributed by atoms with Gasteiger partial charge in [0.2, 0.25) is 5.91 Å². The maximum Gasteiger partial charge on any atom is 0.320 e. The molecule has 0 saturated heterocycles. The summed E-state index contributed by atoms with van der Waals surface area (Å²) in [7, 11) is 0. The number of carbonyl (C=O) groups is 2. The minimum Gasteiger partial charge on any atom is -0.366 e. The number of primary amides is 1. The summed E-state index contributed by atoms with van der Waals surface area (Å²) in [5.41, 5.74) is 6.63. The third kappa shape index (κ3) is 3.79. The van der Waals surface area contributed by atoms with Gasteiger partial charge in [-0.15, -0.1) is 0 Å². The molecule has 2 aromatic carbocycles. The second-order valence-corrected chi connectivity index (χ2v) is 6.16. The number of para-hydroxylation sites is 2. The largest absolute Gasteiger partial charge is 0.366 e. The van der Waals surface area contributed by atoms with E-state index in [2.05, 4.69) is 10.3 Å². The van der Waals surface area contributed by atoms with Gasteiger partial charge in [-0.25, -0.2) is 4.98 Å². The highest BCUT2D eigenvalue weighted by atomic mass is 19.3. The predicted octanol–water partition coefficient (Wildman–Crippen LogP) is 3.06. The third-order valence-electron chi connectivity index (χ3n) is 4.26. The van der Waals surface area contributed by atoms with Gasteiger partial charge in [0, 0.05) is 23.6 Å². The van der Waals surface area contributed by atoms with E-state index >= 15 is 0 Å². The van der Waals surface area contributed by atoms with Crippen molar-refractivity contribution < 1.29 is 18.4 Å². The second kappa shape index (κ2) is 7.53. The lowest BCUT2D eigenvalue weighted by molar-refractivity contribution is 0.0703. The van der Waals surface area contributed by atoms with Gasteiger partial charge in [0.05, 0.1) is 11.0 Å². The van der Waals surface area contributed by atoms with E-state index in [1.165, 1.54) is 24.3 Å². The Morgan fingerprint density at radius 3 is 2.37 bits per heavy atom. The number of carbonyl (C=O) groups excluding carboxylic acids is 2. The molecule has 6 nitrogen and oxygen atoms in total. The standard InChI is InChI=1S/C19H18F2N4O2/c1-11(10-23-18(27)13-8-6-12(7-9-13)16(22)26)17-24-14-4-2-3-5-15(14)25(17)19(20)21/h2-9,11,19H,10H2,1H3,(H2,22,26)(H,23,27)/t11-/m0/s1. The van der Waals surface area contributed by atoms with Crippen LogP contribution < -0.4 is 11.1 Å². The highest BCUT2D eigenvalue weighted by molar-refractivity contribution is 5.97. The first kappa shape index (κ1) is 18.5. The molecule has 140 valence electrons. The molecule has 3 rings (SSSR count). The Bertz CT molecular complexity index is 983. The summed E-state index contributed by atoms with van der Waals surface area (Å²) in [6, 6.07) is 12.5. The van der Waals surface area contributed by atoms with Gasteiger partial charge in [0.1, 0.15) is 5.82 Å². The molecule has 0 radical (unpaired) electrons. The molecule has 0 aliphatic rings. The van der Waals surface area contributed by atoms with Crippen LogP contribution in [0.4, 0.5) is 8.78 Å². The Labute approximate surface area is 154 Å². The van der Waals surface area contributed by atoms with Crippen LogP contribution >= 0.6 is 0 Å². The lowest BCUT2D eigenvalue weighted by atomic mass is 10.1. The fourth-order valence-electron chi connectivity index (χ4n) is 2.84. The van der Waals surface area contributed by atoms with E-state index in [9.17, 15) is 18.4 Å². The van der Waals surface area contributed by atoms with Crippen molar-refractivity contribution in [3.63, 3.8) is 0 Å². The molecule has 1 atom stereocenters. The predicted molar refractivity (Wildman–Crippen MR) is 96.7 cm³/mol. The Kier molecular flexibility index (Phi) is 5.16. The van der Waals surface area contributed by atoms with Crippen molar-refractivity contribution in [2.45, 2.75) is 19.4 Å². The average molecular weight is 372 g/mol. The molecule has 3 aromatic rings. The van der Waals surface area contributed by atoms with Gasteiger partial charge in [0.25, 0.3) is 5.91 Å². The van der Waals surface area contributed by atoms with Crippen molar-refractivity contribution in [1.29, 1.82) is 0 Å². The summed E-state index contributed by atoms with van der Waals surface area (Å²) < 4.78 is 27.9. The van der Waals surface area contributed by atoms with Gasteiger partial charge in [-0.05, 0) is 36.4 Å². The number of nitrogens with one attached hydrogen (secondary N) is 1.